The highest BCUT2D eigenvalue weighted by molar-refractivity contribution is 7.92. The first kappa shape index (κ1) is 22.0. The minimum Gasteiger partial charge on any atom is -0.484 e. The lowest BCUT2D eigenvalue weighted by molar-refractivity contribution is -0.118. The molecule has 0 amide bonds. The summed E-state index contributed by atoms with van der Waals surface area (Å²) in [5.41, 5.74) is 6.04. The number of hydrogen-bond donors (Lipinski definition) is 1. The molecule has 0 saturated carbocycles. The highest BCUT2D eigenvalue weighted by Gasteiger charge is 2.34. The standard InChI is InChI=1S/C19H20ClFN4O4S/c1-10(26)9-29-14-6-16-23-7-13(11-5-12(20)18(22)24-17(11)21)25(16)8-15(14)30(27,28)19(2,3)4/h5-8H,9H2,1-4H3,(H2,22,24). The average Bonchev–Trinajstić information content (AvgIpc) is 3.03. The number of ketones is 1. The number of Topliss-reactive ketones (excluding diaryl/α,β-unsaturated/α-hetero) is 1. The number of nitrogen functional groups attached to an aromatic ring is 1. The maximum absolute atomic E-state index is 14.5. The third-order valence-corrected chi connectivity index (χ3v) is 7.13. The number of pyridine rings is 2. The zero-order valence-corrected chi connectivity index (χ0v) is 18.3. The van der Waals surface area contributed by atoms with Crippen molar-refractivity contribution in [3.05, 3.63) is 35.5 Å². The maximum Gasteiger partial charge on any atom is 0.224 e. The van der Waals surface area contributed by atoms with Crippen LogP contribution in [-0.2, 0) is 14.6 Å². The lowest BCUT2D eigenvalue weighted by atomic mass is 10.2. The van der Waals surface area contributed by atoms with E-state index in [0.717, 1.165) is 0 Å². The number of ether oxygens (including phenoxy) is 1. The number of fused-ring (bicyclic) bond motifs is 1. The zero-order valence-electron chi connectivity index (χ0n) is 16.7. The van der Waals surface area contributed by atoms with Crippen molar-refractivity contribution >= 4 is 38.7 Å². The van der Waals surface area contributed by atoms with Crippen molar-refractivity contribution in [2.45, 2.75) is 37.3 Å². The van der Waals surface area contributed by atoms with E-state index >= 15 is 0 Å². The molecule has 30 heavy (non-hydrogen) atoms. The molecule has 0 aliphatic carbocycles. The minimum atomic E-state index is -3.89. The molecule has 0 saturated heterocycles. The van der Waals surface area contributed by atoms with Crippen LogP contribution in [0.2, 0.25) is 5.02 Å². The number of sulfone groups is 1. The summed E-state index contributed by atoms with van der Waals surface area (Å²) in [6.45, 7) is 5.64. The Kier molecular flexibility index (Phi) is 5.50. The van der Waals surface area contributed by atoms with E-state index in [1.165, 1.54) is 35.9 Å². The van der Waals surface area contributed by atoms with Crippen LogP contribution < -0.4 is 10.5 Å². The van der Waals surface area contributed by atoms with E-state index in [-0.39, 0.29) is 50.8 Å². The predicted molar refractivity (Wildman–Crippen MR) is 111 cm³/mol. The van der Waals surface area contributed by atoms with E-state index in [0.29, 0.717) is 0 Å². The number of aromatic nitrogens is 3. The van der Waals surface area contributed by atoms with E-state index in [1.54, 1.807) is 20.8 Å². The van der Waals surface area contributed by atoms with Gasteiger partial charge in [-0.25, -0.2) is 18.4 Å². The summed E-state index contributed by atoms with van der Waals surface area (Å²) in [5.74, 6) is -1.33. The molecule has 0 radical (unpaired) electrons. The fourth-order valence-electron chi connectivity index (χ4n) is 2.67. The second kappa shape index (κ2) is 7.51. The average molecular weight is 455 g/mol. The Morgan fingerprint density at radius 1 is 1.33 bits per heavy atom. The van der Waals surface area contributed by atoms with Gasteiger partial charge in [0.2, 0.25) is 5.95 Å². The molecule has 3 aromatic rings. The van der Waals surface area contributed by atoms with Crippen molar-refractivity contribution in [1.82, 2.24) is 14.4 Å². The molecule has 3 heterocycles. The monoisotopic (exact) mass is 454 g/mol. The normalized spacial score (nSPS) is 12.3. The van der Waals surface area contributed by atoms with Crippen LogP contribution in [0.15, 0.2) is 29.4 Å². The van der Waals surface area contributed by atoms with Crippen LogP contribution in [0.1, 0.15) is 27.7 Å². The van der Waals surface area contributed by atoms with Crippen molar-refractivity contribution in [3.8, 4) is 17.0 Å². The second-order valence-electron chi connectivity index (χ2n) is 7.67. The SMILES string of the molecule is CC(=O)COc1cc2ncc(-c3cc(Cl)c(N)nc3F)n2cc1S(=O)(=O)C(C)(C)C. The summed E-state index contributed by atoms with van der Waals surface area (Å²) in [4.78, 5) is 19.0. The maximum atomic E-state index is 14.5. The van der Waals surface area contributed by atoms with Crippen molar-refractivity contribution < 1.29 is 22.3 Å². The van der Waals surface area contributed by atoms with Crippen molar-refractivity contribution in [3.63, 3.8) is 0 Å². The topological polar surface area (TPSA) is 117 Å². The number of carbonyl (C=O) groups is 1. The fraction of sp³-hybridized carbons (Fsp3) is 0.316. The first-order chi connectivity index (χ1) is 13.8. The molecule has 11 heteroatoms. The van der Waals surface area contributed by atoms with Crippen molar-refractivity contribution in [2.75, 3.05) is 12.3 Å². The summed E-state index contributed by atoms with van der Waals surface area (Å²) in [5, 5.41) is 0.0466. The number of hydrogen-bond acceptors (Lipinski definition) is 7. The molecular weight excluding hydrogens is 435 g/mol. The van der Waals surface area contributed by atoms with Crippen LogP contribution in [0, 0.1) is 5.95 Å². The van der Waals surface area contributed by atoms with Gasteiger partial charge in [-0.1, -0.05) is 11.6 Å². The molecule has 0 fully saturated rings. The number of anilines is 1. The van der Waals surface area contributed by atoms with Gasteiger partial charge in [-0.05, 0) is 33.8 Å². The lowest BCUT2D eigenvalue weighted by Crippen LogP contribution is -2.29. The molecule has 0 atom stereocenters. The van der Waals surface area contributed by atoms with Gasteiger partial charge in [-0.15, -0.1) is 0 Å². The summed E-state index contributed by atoms with van der Waals surface area (Å²) < 4.78 is 46.5. The summed E-state index contributed by atoms with van der Waals surface area (Å²) in [7, 11) is -3.89. The number of nitrogens with two attached hydrogens (primary N) is 1. The Hall–Kier alpha value is -2.72. The van der Waals surface area contributed by atoms with Crippen LogP contribution in [0.4, 0.5) is 10.2 Å². The largest absolute Gasteiger partial charge is 0.484 e. The summed E-state index contributed by atoms with van der Waals surface area (Å²) >= 11 is 5.98. The third-order valence-electron chi connectivity index (χ3n) is 4.33. The third kappa shape index (κ3) is 3.84. The van der Waals surface area contributed by atoms with Crippen LogP contribution >= 0.6 is 11.6 Å². The Morgan fingerprint density at radius 3 is 2.60 bits per heavy atom. The van der Waals surface area contributed by atoms with E-state index in [2.05, 4.69) is 9.97 Å². The van der Waals surface area contributed by atoms with Gasteiger partial charge in [0.25, 0.3) is 0 Å². The molecule has 0 aliphatic heterocycles. The van der Waals surface area contributed by atoms with Crippen LogP contribution in [0.5, 0.6) is 5.75 Å². The number of nitrogens with zero attached hydrogens (tertiary/aromatic N) is 3. The highest BCUT2D eigenvalue weighted by atomic mass is 35.5. The van der Waals surface area contributed by atoms with Gasteiger partial charge in [0, 0.05) is 12.3 Å². The van der Waals surface area contributed by atoms with Gasteiger partial charge >= 0.3 is 0 Å². The predicted octanol–water partition coefficient (Wildman–Crippen LogP) is 3.31. The van der Waals surface area contributed by atoms with Crippen LogP contribution in [0.3, 0.4) is 0 Å². The van der Waals surface area contributed by atoms with Crippen molar-refractivity contribution in [2.24, 2.45) is 0 Å². The fourth-order valence-corrected chi connectivity index (χ4v) is 4.11. The first-order valence-corrected chi connectivity index (χ1v) is 10.7. The van der Waals surface area contributed by atoms with Gasteiger partial charge < -0.3 is 10.5 Å². The molecule has 0 unspecified atom stereocenters. The molecule has 8 nitrogen and oxygen atoms in total. The summed E-state index contributed by atoms with van der Waals surface area (Å²) in [6.07, 6.45) is 2.64. The van der Waals surface area contributed by atoms with Gasteiger partial charge in [-0.2, -0.15) is 4.39 Å². The number of halogens is 2. The quantitative estimate of drug-likeness (QED) is 0.587. The number of carbonyl (C=O) groups excluding carboxylic acids is 1. The van der Waals surface area contributed by atoms with E-state index in [4.69, 9.17) is 22.1 Å². The molecule has 3 aromatic heterocycles. The molecule has 0 aromatic carbocycles. The lowest BCUT2D eigenvalue weighted by Gasteiger charge is -2.21. The molecule has 0 spiro atoms. The molecule has 2 N–H and O–H groups in total. The highest BCUT2D eigenvalue weighted by Crippen LogP contribution is 2.35. The second-order valence-corrected chi connectivity index (χ2v) is 10.8. The van der Waals surface area contributed by atoms with Gasteiger partial charge in [0.15, 0.2) is 15.6 Å². The van der Waals surface area contributed by atoms with E-state index < -0.39 is 20.5 Å². The Balaban J connectivity index is 2.30. The van der Waals surface area contributed by atoms with Crippen LogP contribution in [0.25, 0.3) is 16.9 Å². The molecule has 160 valence electrons. The number of imidazole rings is 1. The summed E-state index contributed by atoms with van der Waals surface area (Å²) in [6, 6.07) is 2.68. The van der Waals surface area contributed by atoms with Crippen LogP contribution in [-0.4, -0.2) is 39.9 Å². The minimum absolute atomic E-state index is 0.00166. The van der Waals surface area contributed by atoms with Gasteiger partial charge in [0.1, 0.15) is 28.7 Å². The van der Waals surface area contributed by atoms with E-state index in [9.17, 15) is 17.6 Å². The molecule has 0 aliphatic rings. The molecule has 3 rings (SSSR count). The Morgan fingerprint density at radius 2 is 2.00 bits per heavy atom. The van der Waals surface area contributed by atoms with Gasteiger partial charge in [0.05, 0.1) is 27.2 Å². The Labute approximate surface area is 177 Å². The smallest absolute Gasteiger partial charge is 0.224 e. The molecule has 0 bridgehead atoms. The number of rotatable bonds is 5. The van der Waals surface area contributed by atoms with Gasteiger partial charge in [-0.3, -0.25) is 9.20 Å². The zero-order chi connectivity index (χ0) is 22.4. The van der Waals surface area contributed by atoms with Crippen molar-refractivity contribution in [1.29, 1.82) is 0 Å². The Bertz CT molecular complexity index is 1270. The first-order valence-electron chi connectivity index (χ1n) is 8.83. The van der Waals surface area contributed by atoms with E-state index in [1.807, 2.05) is 0 Å². The molecular formula is C19H20ClFN4O4S.